The molecule has 2 heterocycles. The number of benzene rings is 2. The maximum absolute atomic E-state index is 13.7. The van der Waals surface area contributed by atoms with Crippen LogP contribution < -0.4 is 5.32 Å². The number of nitrogens with zero attached hydrogens (tertiary/aromatic N) is 2. The summed E-state index contributed by atoms with van der Waals surface area (Å²) in [7, 11) is 0. The molecule has 0 fully saturated rings. The molecule has 1 N–H and O–H groups in total. The molecule has 130 valence electrons. The first-order chi connectivity index (χ1) is 12.6. The normalized spacial score (nSPS) is 11.0. The molecule has 2 aromatic carbocycles. The van der Waals surface area contributed by atoms with Crippen LogP contribution in [0.4, 0.5) is 14.5 Å². The van der Waals surface area contributed by atoms with Crippen molar-refractivity contribution >= 4 is 27.9 Å². The van der Waals surface area contributed by atoms with E-state index in [9.17, 15) is 13.6 Å². The zero-order chi connectivity index (χ0) is 18.1. The molecule has 4 nitrogen and oxygen atoms in total. The molecule has 7 heteroatoms. The van der Waals surface area contributed by atoms with Crippen LogP contribution in [0.25, 0.3) is 16.2 Å². The Morgan fingerprint density at radius 3 is 2.73 bits per heavy atom. The largest absolute Gasteiger partial charge is 0.323 e. The second-order valence-corrected chi connectivity index (χ2v) is 6.53. The van der Waals surface area contributed by atoms with Gasteiger partial charge in [0.1, 0.15) is 0 Å². The van der Waals surface area contributed by atoms with Crippen LogP contribution in [0.5, 0.6) is 0 Å². The van der Waals surface area contributed by atoms with Gasteiger partial charge in [-0.15, -0.1) is 11.3 Å². The minimum absolute atomic E-state index is 0.0283. The number of aromatic nitrogens is 2. The molecule has 0 aliphatic carbocycles. The fraction of sp³-hybridized carbons (Fsp3) is 0.0526. The van der Waals surface area contributed by atoms with Gasteiger partial charge in [0.2, 0.25) is 5.91 Å². The van der Waals surface area contributed by atoms with Gasteiger partial charge in [-0.3, -0.25) is 9.20 Å². The number of fused-ring (bicyclic) bond motifs is 1. The van der Waals surface area contributed by atoms with Gasteiger partial charge < -0.3 is 5.32 Å². The lowest BCUT2D eigenvalue weighted by atomic mass is 10.2. The van der Waals surface area contributed by atoms with Crippen molar-refractivity contribution in [3.05, 3.63) is 77.4 Å². The lowest BCUT2D eigenvalue weighted by molar-refractivity contribution is -0.115. The van der Waals surface area contributed by atoms with Crippen molar-refractivity contribution in [1.29, 1.82) is 0 Å². The van der Waals surface area contributed by atoms with Crippen molar-refractivity contribution < 1.29 is 13.6 Å². The molecule has 4 aromatic rings. The van der Waals surface area contributed by atoms with Crippen molar-refractivity contribution in [2.45, 2.75) is 6.42 Å². The second-order valence-electron chi connectivity index (χ2n) is 5.70. The van der Waals surface area contributed by atoms with Crippen molar-refractivity contribution in [2.75, 3.05) is 5.32 Å². The van der Waals surface area contributed by atoms with Crippen LogP contribution in [0, 0.1) is 11.6 Å². The Bertz CT molecular complexity index is 1090. The van der Waals surface area contributed by atoms with Gasteiger partial charge in [0, 0.05) is 22.8 Å². The number of nitrogens with one attached hydrogen (secondary N) is 1. The van der Waals surface area contributed by atoms with E-state index < -0.39 is 17.5 Å². The average Bonchev–Trinajstić information content (AvgIpc) is 3.22. The van der Waals surface area contributed by atoms with E-state index in [0.29, 0.717) is 0 Å². The van der Waals surface area contributed by atoms with Crippen LogP contribution in [-0.4, -0.2) is 15.3 Å². The number of amides is 1. The van der Waals surface area contributed by atoms with Crippen LogP contribution in [0.15, 0.2) is 60.1 Å². The smallest absolute Gasteiger partial charge is 0.230 e. The highest BCUT2D eigenvalue weighted by Crippen LogP contribution is 2.24. The zero-order valence-corrected chi connectivity index (χ0v) is 14.3. The van der Waals surface area contributed by atoms with E-state index in [1.807, 2.05) is 46.3 Å². The van der Waals surface area contributed by atoms with E-state index in [-0.39, 0.29) is 12.1 Å². The Morgan fingerprint density at radius 1 is 1.12 bits per heavy atom. The molecule has 0 bridgehead atoms. The van der Waals surface area contributed by atoms with E-state index >= 15 is 0 Å². The minimum Gasteiger partial charge on any atom is -0.323 e. The van der Waals surface area contributed by atoms with Gasteiger partial charge in [-0.05, 0) is 12.1 Å². The van der Waals surface area contributed by atoms with Gasteiger partial charge >= 0.3 is 0 Å². The molecule has 26 heavy (non-hydrogen) atoms. The van der Waals surface area contributed by atoms with Gasteiger partial charge in [0.05, 0.1) is 17.8 Å². The maximum atomic E-state index is 13.7. The molecule has 0 saturated carbocycles. The quantitative estimate of drug-likeness (QED) is 0.575. The SMILES string of the molecule is O=C(Cc1csc2nc(-c3ccccc3)cn12)Nc1cccc(F)c1F. The molecule has 1 amide bonds. The summed E-state index contributed by atoms with van der Waals surface area (Å²) < 4.78 is 28.8. The van der Waals surface area contributed by atoms with E-state index in [0.717, 1.165) is 28.0 Å². The molecule has 0 aliphatic heterocycles. The maximum Gasteiger partial charge on any atom is 0.230 e. The fourth-order valence-electron chi connectivity index (χ4n) is 2.66. The van der Waals surface area contributed by atoms with Gasteiger partial charge in [-0.1, -0.05) is 36.4 Å². The summed E-state index contributed by atoms with van der Waals surface area (Å²) in [4.78, 5) is 17.6. The van der Waals surface area contributed by atoms with E-state index in [4.69, 9.17) is 0 Å². The first-order valence-corrected chi connectivity index (χ1v) is 8.74. The first kappa shape index (κ1) is 16.4. The van der Waals surface area contributed by atoms with Crippen LogP contribution in [0.2, 0.25) is 0 Å². The average molecular weight is 369 g/mol. The van der Waals surface area contributed by atoms with E-state index in [1.54, 1.807) is 0 Å². The first-order valence-electron chi connectivity index (χ1n) is 7.86. The number of carbonyl (C=O) groups excluding carboxylic acids is 1. The molecule has 0 spiro atoms. The topological polar surface area (TPSA) is 46.4 Å². The van der Waals surface area contributed by atoms with Crippen molar-refractivity contribution in [3.63, 3.8) is 0 Å². The summed E-state index contributed by atoms with van der Waals surface area (Å²) in [5, 5.41) is 4.24. The molecule has 0 atom stereocenters. The van der Waals surface area contributed by atoms with Gasteiger partial charge in [0.15, 0.2) is 16.6 Å². The van der Waals surface area contributed by atoms with Crippen molar-refractivity contribution in [1.82, 2.24) is 9.38 Å². The number of imidazole rings is 1. The predicted molar refractivity (Wildman–Crippen MR) is 97.2 cm³/mol. The third kappa shape index (κ3) is 3.09. The molecule has 0 unspecified atom stereocenters. The number of halogens is 2. The number of thiazole rings is 1. The summed E-state index contributed by atoms with van der Waals surface area (Å²) >= 11 is 1.42. The number of anilines is 1. The van der Waals surface area contributed by atoms with Gasteiger partial charge in [-0.25, -0.2) is 13.8 Å². The summed E-state index contributed by atoms with van der Waals surface area (Å²) in [5.74, 6) is -2.49. The third-order valence-corrected chi connectivity index (χ3v) is 4.81. The standard InChI is InChI=1S/C19H13F2N3OS/c20-14-7-4-8-15(18(14)21)22-17(25)9-13-11-26-19-23-16(10-24(13)19)12-5-2-1-3-6-12/h1-8,10-11H,9H2,(H,22,25). The van der Waals surface area contributed by atoms with Crippen LogP contribution in [0.1, 0.15) is 5.69 Å². The summed E-state index contributed by atoms with van der Waals surface area (Å²) in [5.41, 5.74) is 2.36. The van der Waals surface area contributed by atoms with Gasteiger partial charge in [0.25, 0.3) is 0 Å². The molecule has 2 aromatic heterocycles. The lowest BCUT2D eigenvalue weighted by Gasteiger charge is -2.06. The fourth-order valence-corrected chi connectivity index (χ4v) is 3.54. The van der Waals surface area contributed by atoms with Crippen LogP contribution in [0.3, 0.4) is 0 Å². The molecule has 0 radical (unpaired) electrons. The lowest BCUT2D eigenvalue weighted by Crippen LogP contribution is -2.16. The number of carbonyl (C=O) groups is 1. The highest BCUT2D eigenvalue weighted by molar-refractivity contribution is 7.15. The molecule has 4 rings (SSSR count). The zero-order valence-electron chi connectivity index (χ0n) is 13.4. The van der Waals surface area contributed by atoms with Crippen LogP contribution in [-0.2, 0) is 11.2 Å². The second kappa shape index (κ2) is 6.68. The van der Waals surface area contributed by atoms with Crippen molar-refractivity contribution in [3.8, 4) is 11.3 Å². The van der Waals surface area contributed by atoms with Crippen molar-refractivity contribution in [2.24, 2.45) is 0 Å². The highest BCUT2D eigenvalue weighted by atomic mass is 32.1. The summed E-state index contributed by atoms with van der Waals surface area (Å²) in [6.45, 7) is 0. The molecule has 0 aliphatic rings. The predicted octanol–water partition coefficient (Wildman–Crippen LogP) is 4.52. The molecule has 0 saturated heterocycles. The Kier molecular flexibility index (Phi) is 4.22. The number of hydrogen-bond acceptors (Lipinski definition) is 3. The van der Waals surface area contributed by atoms with Crippen LogP contribution >= 0.6 is 11.3 Å². The molecular formula is C19H13F2N3OS. The Labute approximate surface area is 151 Å². The Hall–Kier alpha value is -3.06. The number of hydrogen-bond donors (Lipinski definition) is 1. The Morgan fingerprint density at radius 2 is 1.92 bits per heavy atom. The minimum atomic E-state index is -1.06. The Balaban J connectivity index is 1.56. The van der Waals surface area contributed by atoms with Gasteiger partial charge in [-0.2, -0.15) is 0 Å². The molecular weight excluding hydrogens is 356 g/mol. The summed E-state index contributed by atoms with van der Waals surface area (Å²) in [6.07, 6.45) is 1.90. The monoisotopic (exact) mass is 369 g/mol. The third-order valence-electron chi connectivity index (χ3n) is 3.92. The number of rotatable bonds is 4. The highest BCUT2D eigenvalue weighted by Gasteiger charge is 2.15. The van der Waals surface area contributed by atoms with E-state index in [2.05, 4.69) is 10.3 Å². The summed E-state index contributed by atoms with van der Waals surface area (Å²) in [6, 6.07) is 13.4. The van der Waals surface area contributed by atoms with E-state index in [1.165, 1.54) is 23.5 Å².